The lowest BCUT2D eigenvalue weighted by Crippen LogP contribution is -2.05. The number of hydrogen-bond acceptors (Lipinski definition) is 1. The van der Waals surface area contributed by atoms with Gasteiger partial charge >= 0.3 is 0 Å². The van der Waals surface area contributed by atoms with E-state index in [2.05, 4.69) is 29.4 Å². The quantitative estimate of drug-likeness (QED) is 0.520. The van der Waals surface area contributed by atoms with Crippen LogP contribution in [-0.4, -0.2) is 11.2 Å². The van der Waals surface area contributed by atoms with E-state index in [-0.39, 0.29) is 6.10 Å². The standard InChI is InChI=1S/C14H27BrO/c1-3-4-5-6-7-8-9-10-11-14(16)12-13(2)15/h14,16H,2-12H2,1H3. The molecule has 0 spiro atoms. The average Bonchev–Trinajstić information content (AvgIpc) is 2.21. The van der Waals surface area contributed by atoms with Gasteiger partial charge in [0.1, 0.15) is 0 Å². The molecule has 0 fully saturated rings. The van der Waals surface area contributed by atoms with Gasteiger partial charge in [0, 0.05) is 6.42 Å². The molecule has 0 rings (SSSR count). The predicted octanol–water partition coefficient (Wildman–Crippen LogP) is 5.18. The van der Waals surface area contributed by atoms with Gasteiger partial charge in [0.15, 0.2) is 0 Å². The van der Waals surface area contributed by atoms with Gasteiger partial charge in [-0.25, -0.2) is 0 Å². The first-order valence-electron chi connectivity index (χ1n) is 6.68. The zero-order chi connectivity index (χ0) is 12.2. The molecule has 16 heavy (non-hydrogen) atoms. The van der Waals surface area contributed by atoms with Crippen molar-refractivity contribution in [1.82, 2.24) is 0 Å². The molecule has 1 nitrogen and oxygen atoms in total. The van der Waals surface area contributed by atoms with Crippen LogP contribution in [-0.2, 0) is 0 Å². The van der Waals surface area contributed by atoms with E-state index in [0.29, 0.717) is 6.42 Å². The molecule has 96 valence electrons. The normalized spacial score (nSPS) is 12.7. The summed E-state index contributed by atoms with van der Waals surface area (Å²) < 4.78 is 0.902. The molecule has 0 saturated heterocycles. The lowest BCUT2D eigenvalue weighted by atomic mass is 10.0. The molecule has 2 heteroatoms. The molecular formula is C14H27BrO. The highest BCUT2D eigenvalue weighted by Crippen LogP contribution is 2.15. The monoisotopic (exact) mass is 290 g/mol. The summed E-state index contributed by atoms with van der Waals surface area (Å²) in [5.41, 5.74) is 0. The van der Waals surface area contributed by atoms with E-state index in [1.54, 1.807) is 0 Å². The topological polar surface area (TPSA) is 20.2 Å². The first-order valence-corrected chi connectivity index (χ1v) is 7.47. The maximum Gasteiger partial charge on any atom is 0.0585 e. The fourth-order valence-corrected chi connectivity index (χ4v) is 2.25. The average molecular weight is 291 g/mol. The molecule has 1 N–H and O–H groups in total. The van der Waals surface area contributed by atoms with Crippen molar-refractivity contribution in [1.29, 1.82) is 0 Å². The first-order chi connectivity index (χ1) is 7.66. The fraction of sp³-hybridized carbons (Fsp3) is 0.857. The SMILES string of the molecule is C=C(Br)CC(O)CCCCCCCCCC. The van der Waals surface area contributed by atoms with Gasteiger partial charge in [-0.2, -0.15) is 0 Å². The van der Waals surface area contributed by atoms with Crippen molar-refractivity contribution in [3.8, 4) is 0 Å². The van der Waals surface area contributed by atoms with Gasteiger partial charge in [0.2, 0.25) is 0 Å². The molecule has 0 aliphatic rings. The number of hydrogen-bond donors (Lipinski definition) is 1. The lowest BCUT2D eigenvalue weighted by Gasteiger charge is -2.09. The Hall–Kier alpha value is 0.180. The Morgan fingerprint density at radius 3 is 2.06 bits per heavy atom. The Balaban J connectivity index is 3.11. The van der Waals surface area contributed by atoms with Crippen LogP contribution in [0, 0.1) is 0 Å². The van der Waals surface area contributed by atoms with Crippen LogP contribution in [0.2, 0.25) is 0 Å². The van der Waals surface area contributed by atoms with Crippen LogP contribution in [0.4, 0.5) is 0 Å². The predicted molar refractivity (Wildman–Crippen MR) is 75.9 cm³/mol. The molecule has 0 heterocycles. The van der Waals surface area contributed by atoms with Crippen LogP contribution in [0.25, 0.3) is 0 Å². The smallest absolute Gasteiger partial charge is 0.0585 e. The number of halogens is 1. The van der Waals surface area contributed by atoms with Gasteiger partial charge in [0.25, 0.3) is 0 Å². The Morgan fingerprint density at radius 1 is 1.06 bits per heavy atom. The molecule has 0 bridgehead atoms. The zero-order valence-corrected chi connectivity index (χ0v) is 12.3. The van der Waals surface area contributed by atoms with Crippen molar-refractivity contribution in [2.24, 2.45) is 0 Å². The van der Waals surface area contributed by atoms with Crippen molar-refractivity contribution >= 4 is 15.9 Å². The van der Waals surface area contributed by atoms with Gasteiger partial charge in [-0.1, -0.05) is 80.8 Å². The maximum atomic E-state index is 9.60. The number of aliphatic hydroxyl groups is 1. The molecule has 0 radical (unpaired) electrons. The van der Waals surface area contributed by atoms with Crippen molar-refractivity contribution in [2.45, 2.75) is 77.2 Å². The third-order valence-corrected chi connectivity index (χ3v) is 3.17. The molecule has 0 aliphatic heterocycles. The van der Waals surface area contributed by atoms with Crippen LogP contribution in [0.5, 0.6) is 0 Å². The lowest BCUT2D eigenvalue weighted by molar-refractivity contribution is 0.163. The summed E-state index contributed by atoms with van der Waals surface area (Å²) in [5, 5.41) is 9.60. The largest absolute Gasteiger partial charge is 0.393 e. The Kier molecular flexibility index (Phi) is 11.8. The van der Waals surface area contributed by atoms with E-state index in [4.69, 9.17) is 0 Å². The summed E-state index contributed by atoms with van der Waals surface area (Å²) in [6, 6.07) is 0. The summed E-state index contributed by atoms with van der Waals surface area (Å²) in [7, 11) is 0. The summed E-state index contributed by atoms with van der Waals surface area (Å²) in [6.07, 6.45) is 12.0. The first kappa shape index (κ1) is 16.2. The zero-order valence-electron chi connectivity index (χ0n) is 10.7. The number of rotatable bonds is 11. The fourth-order valence-electron chi connectivity index (χ4n) is 1.87. The highest BCUT2D eigenvalue weighted by Gasteiger charge is 2.04. The van der Waals surface area contributed by atoms with Crippen LogP contribution in [0.3, 0.4) is 0 Å². The molecule has 1 atom stereocenters. The summed E-state index contributed by atoms with van der Waals surface area (Å²) >= 11 is 3.28. The Bertz CT molecular complexity index is 168. The molecule has 0 aromatic rings. The molecular weight excluding hydrogens is 264 g/mol. The highest BCUT2D eigenvalue weighted by molar-refractivity contribution is 9.11. The molecule has 0 amide bonds. The van der Waals surface area contributed by atoms with Crippen LogP contribution in [0.15, 0.2) is 11.1 Å². The summed E-state index contributed by atoms with van der Waals surface area (Å²) in [6.45, 7) is 5.99. The maximum absolute atomic E-state index is 9.60. The van der Waals surface area contributed by atoms with E-state index < -0.39 is 0 Å². The van der Waals surface area contributed by atoms with Crippen molar-refractivity contribution in [3.63, 3.8) is 0 Å². The third-order valence-electron chi connectivity index (χ3n) is 2.85. The third kappa shape index (κ3) is 12.3. The minimum Gasteiger partial charge on any atom is -0.393 e. The van der Waals surface area contributed by atoms with E-state index >= 15 is 0 Å². The second-order valence-corrected chi connectivity index (χ2v) is 5.76. The molecule has 0 saturated carbocycles. The summed E-state index contributed by atoms with van der Waals surface area (Å²) in [4.78, 5) is 0. The van der Waals surface area contributed by atoms with Crippen molar-refractivity contribution < 1.29 is 5.11 Å². The van der Waals surface area contributed by atoms with Gasteiger partial charge in [0.05, 0.1) is 6.10 Å². The van der Waals surface area contributed by atoms with Gasteiger partial charge in [-0.15, -0.1) is 0 Å². The molecule has 0 aliphatic carbocycles. The van der Waals surface area contributed by atoms with Crippen molar-refractivity contribution in [2.75, 3.05) is 0 Å². The Morgan fingerprint density at radius 2 is 1.56 bits per heavy atom. The Labute approximate surface area is 109 Å². The molecule has 0 aromatic carbocycles. The van der Waals surface area contributed by atoms with E-state index in [9.17, 15) is 5.11 Å². The van der Waals surface area contributed by atoms with Crippen LogP contribution >= 0.6 is 15.9 Å². The highest BCUT2D eigenvalue weighted by atomic mass is 79.9. The minimum atomic E-state index is -0.202. The molecule has 1 unspecified atom stereocenters. The molecule has 0 aromatic heterocycles. The van der Waals surface area contributed by atoms with Gasteiger partial charge in [-0.3, -0.25) is 0 Å². The van der Waals surface area contributed by atoms with Gasteiger partial charge in [-0.05, 0) is 10.9 Å². The van der Waals surface area contributed by atoms with E-state index in [1.807, 2.05) is 0 Å². The second-order valence-electron chi connectivity index (χ2n) is 4.64. The second kappa shape index (κ2) is 11.7. The van der Waals surface area contributed by atoms with Crippen LogP contribution in [0.1, 0.15) is 71.1 Å². The van der Waals surface area contributed by atoms with Crippen LogP contribution < -0.4 is 0 Å². The number of aliphatic hydroxyl groups excluding tert-OH is 1. The number of unbranched alkanes of at least 4 members (excludes halogenated alkanes) is 7. The van der Waals surface area contributed by atoms with E-state index in [1.165, 1.54) is 44.9 Å². The van der Waals surface area contributed by atoms with E-state index in [0.717, 1.165) is 17.3 Å². The van der Waals surface area contributed by atoms with Crippen molar-refractivity contribution in [3.05, 3.63) is 11.1 Å². The van der Waals surface area contributed by atoms with Gasteiger partial charge < -0.3 is 5.11 Å². The summed E-state index contributed by atoms with van der Waals surface area (Å²) in [5.74, 6) is 0. The minimum absolute atomic E-state index is 0.202.